The standard InChI is InChI=1S/C23H25ClN2O2/c1-15(25)23(17-5-3-2-4-6-17)10-7-18(8-11-23)28-21-13-16-9-12-26-22(27)19(16)14-20(21)24/h2-6,9,12-15,18H,7-8,10-11,25H2,1H3,(H,26,27)/t15-,18-,23+/m1/s1. The van der Waals surface area contributed by atoms with Crippen LogP contribution in [0.3, 0.4) is 0 Å². The molecule has 1 heterocycles. The molecule has 1 fully saturated rings. The van der Waals surface area contributed by atoms with Gasteiger partial charge in [0.15, 0.2) is 0 Å². The molecule has 1 atom stereocenters. The number of aromatic amines is 1. The van der Waals surface area contributed by atoms with Gasteiger partial charge >= 0.3 is 0 Å². The zero-order valence-corrected chi connectivity index (χ0v) is 16.7. The van der Waals surface area contributed by atoms with Crippen LogP contribution in [-0.2, 0) is 5.41 Å². The highest BCUT2D eigenvalue weighted by Gasteiger charge is 2.40. The smallest absolute Gasteiger partial charge is 0.255 e. The first-order valence-electron chi connectivity index (χ1n) is 9.78. The first kappa shape index (κ1) is 19.0. The van der Waals surface area contributed by atoms with Crippen LogP contribution in [0, 0.1) is 0 Å². The van der Waals surface area contributed by atoms with Gasteiger partial charge in [-0.3, -0.25) is 4.79 Å². The lowest BCUT2D eigenvalue weighted by Gasteiger charge is -2.43. The molecule has 0 aliphatic heterocycles. The minimum atomic E-state index is -0.145. The van der Waals surface area contributed by atoms with E-state index in [0.29, 0.717) is 16.2 Å². The molecule has 0 saturated heterocycles. The summed E-state index contributed by atoms with van der Waals surface area (Å²) in [6, 6.07) is 16.0. The molecule has 4 nitrogen and oxygen atoms in total. The van der Waals surface area contributed by atoms with Gasteiger partial charge in [0, 0.05) is 23.0 Å². The molecule has 4 rings (SSSR count). The number of fused-ring (bicyclic) bond motifs is 1. The van der Waals surface area contributed by atoms with Gasteiger partial charge in [0.25, 0.3) is 5.56 Å². The normalized spacial score (nSPS) is 23.5. The Morgan fingerprint density at radius 1 is 1.18 bits per heavy atom. The molecule has 1 aliphatic rings. The summed E-state index contributed by atoms with van der Waals surface area (Å²) in [6.07, 6.45) is 5.52. The molecule has 5 heteroatoms. The second kappa shape index (κ2) is 7.61. The van der Waals surface area contributed by atoms with Crippen LogP contribution in [0.5, 0.6) is 5.75 Å². The lowest BCUT2D eigenvalue weighted by atomic mass is 9.65. The van der Waals surface area contributed by atoms with Crippen molar-refractivity contribution in [2.24, 2.45) is 5.73 Å². The number of ether oxygens (including phenoxy) is 1. The van der Waals surface area contributed by atoms with Crippen molar-refractivity contribution < 1.29 is 4.74 Å². The molecule has 2 aromatic carbocycles. The zero-order valence-electron chi connectivity index (χ0n) is 16.0. The Morgan fingerprint density at radius 2 is 1.89 bits per heavy atom. The van der Waals surface area contributed by atoms with E-state index in [9.17, 15) is 4.79 Å². The van der Waals surface area contributed by atoms with Crippen molar-refractivity contribution in [3.05, 3.63) is 75.7 Å². The van der Waals surface area contributed by atoms with Crippen LogP contribution in [0.4, 0.5) is 0 Å². The fourth-order valence-electron chi connectivity index (χ4n) is 4.46. The Kier molecular flexibility index (Phi) is 5.17. The van der Waals surface area contributed by atoms with E-state index >= 15 is 0 Å². The molecule has 1 saturated carbocycles. The summed E-state index contributed by atoms with van der Waals surface area (Å²) in [4.78, 5) is 14.6. The van der Waals surface area contributed by atoms with Crippen molar-refractivity contribution in [3.8, 4) is 5.75 Å². The number of hydrogen-bond donors (Lipinski definition) is 2. The summed E-state index contributed by atoms with van der Waals surface area (Å²) in [7, 11) is 0. The van der Waals surface area contributed by atoms with Gasteiger partial charge in [0.2, 0.25) is 0 Å². The molecule has 0 spiro atoms. The number of halogens is 1. The maximum absolute atomic E-state index is 11.9. The number of aromatic nitrogens is 1. The van der Waals surface area contributed by atoms with E-state index in [1.165, 1.54) is 5.56 Å². The monoisotopic (exact) mass is 396 g/mol. The van der Waals surface area contributed by atoms with Crippen molar-refractivity contribution in [1.82, 2.24) is 4.98 Å². The molecule has 1 aromatic heterocycles. The van der Waals surface area contributed by atoms with Crippen LogP contribution in [0.15, 0.2) is 59.5 Å². The largest absolute Gasteiger partial charge is 0.489 e. The molecule has 28 heavy (non-hydrogen) atoms. The third kappa shape index (κ3) is 3.43. The van der Waals surface area contributed by atoms with Crippen LogP contribution < -0.4 is 16.0 Å². The Hall–Kier alpha value is -2.30. The number of benzene rings is 2. The zero-order chi connectivity index (χ0) is 19.7. The maximum atomic E-state index is 11.9. The lowest BCUT2D eigenvalue weighted by molar-refractivity contribution is 0.107. The quantitative estimate of drug-likeness (QED) is 0.666. The molecule has 0 bridgehead atoms. The summed E-state index contributed by atoms with van der Waals surface area (Å²) in [6.45, 7) is 2.10. The minimum Gasteiger partial charge on any atom is -0.489 e. The predicted octanol–water partition coefficient (Wildman–Crippen LogP) is 4.79. The van der Waals surface area contributed by atoms with E-state index in [0.717, 1.165) is 31.1 Å². The van der Waals surface area contributed by atoms with E-state index in [2.05, 4.69) is 36.2 Å². The number of nitrogens with one attached hydrogen (secondary N) is 1. The molecule has 0 amide bonds. The Labute approximate surface area is 169 Å². The molecule has 146 valence electrons. The van der Waals surface area contributed by atoms with Crippen molar-refractivity contribution in [2.75, 3.05) is 0 Å². The highest BCUT2D eigenvalue weighted by Crippen LogP contribution is 2.43. The molecule has 0 unspecified atom stereocenters. The third-order valence-electron chi connectivity index (χ3n) is 6.16. The van der Waals surface area contributed by atoms with E-state index < -0.39 is 0 Å². The van der Waals surface area contributed by atoms with Gasteiger partial charge in [-0.1, -0.05) is 41.9 Å². The van der Waals surface area contributed by atoms with Crippen molar-refractivity contribution in [3.63, 3.8) is 0 Å². The van der Waals surface area contributed by atoms with Crippen LogP contribution in [-0.4, -0.2) is 17.1 Å². The van der Waals surface area contributed by atoms with Gasteiger partial charge in [-0.25, -0.2) is 0 Å². The van der Waals surface area contributed by atoms with Crippen LogP contribution in [0.25, 0.3) is 10.8 Å². The number of nitrogens with two attached hydrogens (primary N) is 1. The maximum Gasteiger partial charge on any atom is 0.255 e. The first-order chi connectivity index (χ1) is 13.5. The van der Waals surface area contributed by atoms with Gasteiger partial charge in [-0.15, -0.1) is 0 Å². The van der Waals surface area contributed by atoms with Gasteiger partial charge < -0.3 is 15.5 Å². The molecule has 3 N–H and O–H groups in total. The topological polar surface area (TPSA) is 68.1 Å². The third-order valence-corrected chi connectivity index (χ3v) is 6.46. The Morgan fingerprint density at radius 3 is 2.57 bits per heavy atom. The summed E-state index contributed by atoms with van der Waals surface area (Å²) in [5.41, 5.74) is 7.59. The van der Waals surface area contributed by atoms with E-state index in [4.69, 9.17) is 22.1 Å². The fourth-order valence-corrected chi connectivity index (χ4v) is 4.67. The predicted molar refractivity (Wildman–Crippen MR) is 114 cm³/mol. The van der Waals surface area contributed by atoms with Crippen LogP contribution in [0.1, 0.15) is 38.2 Å². The molecule has 1 aliphatic carbocycles. The molecule has 0 radical (unpaired) electrons. The summed E-state index contributed by atoms with van der Waals surface area (Å²) in [5.74, 6) is 0.637. The van der Waals surface area contributed by atoms with Gasteiger partial charge in [-0.2, -0.15) is 0 Å². The van der Waals surface area contributed by atoms with Crippen LogP contribution >= 0.6 is 11.6 Å². The second-order valence-electron chi connectivity index (χ2n) is 7.80. The first-order valence-corrected chi connectivity index (χ1v) is 10.2. The van der Waals surface area contributed by atoms with E-state index in [1.807, 2.05) is 18.2 Å². The van der Waals surface area contributed by atoms with Crippen LogP contribution in [0.2, 0.25) is 5.02 Å². The van der Waals surface area contributed by atoms with E-state index in [1.54, 1.807) is 12.3 Å². The average Bonchev–Trinajstić information content (AvgIpc) is 2.70. The Balaban J connectivity index is 1.54. The SMILES string of the molecule is C[C@@H](N)[C@]1(c2ccccc2)CC[C@@H](Oc2cc3cc[nH]c(=O)c3cc2Cl)CC1. The number of pyridine rings is 1. The van der Waals surface area contributed by atoms with Crippen molar-refractivity contribution in [1.29, 1.82) is 0 Å². The number of H-pyrrole nitrogens is 1. The van der Waals surface area contributed by atoms with Crippen molar-refractivity contribution in [2.45, 2.75) is 50.2 Å². The summed E-state index contributed by atoms with van der Waals surface area (Å²) < 4.78 is 6.26. The van der Waals surface area contributed by atoms with E-state index in [-0.39, 0.29) is 23.1 Å². The number of rotatable bonds is 4. The lowest BCUT2D eigenvalue weighted by Crippen LogP contribution is -2.47. The Bertz CT molecular complexity index is 1020. The van der Waals surface area contributed by atoms with Gasteiger partial charge in [0.1, 0.15) is 5.75 Å². The average molecular weight is 397 g/mol. The molecular weight excluding hydrogens is 372 g/mol. The number of hydrogen-bond acceptors (Lipinski definition) is 3. The second-order valence-corrected chi connectivity index (χ2v) is 8.21. The highest BCUT2D eigenvalue weighted by atomic mass is 35.5. The minimum absolute atomic E-state index is 0.0123. The molecular formula is C23H25ClN2O2. The summed E-state index contributed by atoms with van der Waals surface area (Å²) in [5, 5.41) is 1.87. The fraction of sp³-hybridized carbons (Fsp3) is 0.348. The molecule has 3 aromatic rings. The van der Waals surface area contributed by atoms with Gasteiger partial charge in [0.05, 0.1) is 11.1 Å². The summed E-state index contributed by atoms with van der Waals surface area (Å²) >= 11 is 6.40. The van der Waals surface area contributed by atoms with Gasteiger partial charge in [-0.05, 0) is 61.8 Å². The highest BCUT2D eigenvalue weighted by molar-refractivity contribution is 6.32. The van der Waals surface area contributed by atoms with Crippen molar-refractivity contribution >= 4 is 22.4 Å².